The molecule has 0 N–H and O–H groups in total. The van der Waals surface area contributed by atoms with Crippen LogP contribution in [0.2, 0.25) is 0 Å². The summed E-state index contributed by atoms with van der Waals surface area (Å²) >= 11 is 0. The molecule has 0 aliphatic carbocycles. The summed E-state index contributed by atoms with van der Waals surface area (Å²) in [6.07, 6.45) is 0.748. The van der Waals surface area contributed by atoms with Crippen LogP contribution in [0.4, 0.5) is 4.39 Å². The number of amides is 1. The fraction of sp³-hybridized carbons (Fsp3) is 0.238. The Balaban J connectivity index is 1.60. The Labute approximate surface area is 151 Å². The third-order valence-electron chi connectivity index (χ3n) is 4.94. The minimum Gasteiger partial charge on any atom is -0.360 e. The highest BCUT2D eigenvalue weighted by Crippen LogP contribution is 2.32. The molecule has 1 aromatic heterocycles. The van der Waals surface area contributed by atoms with Gasteiger partial charge in [0.15, 0.2) is 0 Å². The predicted molar refractivity (Wildman–Crippen MR) is 96.3 cm³/mol. The number of carbonyl (C=O) groups is 1. The maximum absolute atomic E-state index is 14.1. The van der Waals surface area contributed by atoms with Gasteiger partial charge in [0.25, 0.3) is 5.91 Å². The van der Waals surface area contributed by atoms with E-state index in [1.165, 1.54) is 6.07 Å². The Bertz CT molecular complexity index is 936. The Hall–Kier alpha value is -2.95. The lowest BCUT2D eigenvalue weighted by Crippen LogP contribution is -2.29. The van der Waals surface area contributed by atoms with Gasteiger partial charge in [-0.25, -0.2) is 4.39 Å². The summed E-state index contributed by atoms with van der Waals surface area (Å²) in [5.41, 5.74) is 2.57. The molecule has 4 nitrogen and oxygen atoms in total. The van der Waals surface area contributed by atoms with E-state index >= 15 is 0 Å². The van der Waals surface area contributed by atoms with E-state index in [4.69, 9.17) is 4.52 Å². The molecular weight excluding hydrogens is 331 g/mol. The Morgan fingerprint density at radius 1 is 1.15 bits per heavy atom. The summed E-state index contributed by atoms with van der Waals surface area (Å²) in [7, 11) is 0. The quantitative estimate of drug-likeness (QED) is 0.702. The lowest BCUT2D eigenvalue weighted by molar-refractivity contribution is 0.0789. The van der Waals surface area contributed by atoms with Gasteiger partial charge in [-0.3, -0.25) is 4.79 Å². The summed E-state index contributed by atoms with van der Waals surface area (Å²) in [5, 5.41) is 4.09. The number of halogens is 1. The first kappa shape index (κ1) is 16.5. The number of aromatic nitrogens is 1. The number of benzene rings is 2. The molecule has 1 atom stereocenters. The highest BCUT2D eigenvalue weighted by Gasteiger charge is 2.32. The molecule has 2 aromatic carbocycles. The van der Waals surface area contributed by atoms with E-state index in [9.17, 15) is 9.18 Å². The molecule has 3 aromatic rings. The van der Waals surface area contributed by atoms with Crippen molar-refractivity contribution < 1.29 is 13.7 Å². The first-order chi connectivity index (χ1) is 12.6. The summed E-state index contributed by atoms with van der Waals surface area (Å²) in [4.78, 5) is 14.9. The minimum absolute atomic E-state index is 0.0143. The van der Waals surface area contributed by atoms with Crippen LogP contribution in [0, 0.1) is 12.7 Å². The van der Waals surface area contributed by atoms with Gasteiger partial charge in [-0.2, -0.15) is 0 Å². The van der Waals surface area contributed by atoms with Crippen molar-refractivity contribution in [3.05, 3.63) is 77.3 Å². The molecule has 26 heavy (non-hydrogen) atoms. The lowest BCUT2D eigenvalue weighted by atomic mass is 9.98. The van der Waals surface area contributed by atoms with Gasteiger partial charge in [-0.1, -0.05) is 53.7 Å². The summed E-state index contributed by atoms with van der Waals surface area (Å²) in [6, 6.07) is 16.3. The largest absolute Gasteiger partial charge is 0.360 e. The van der Waals surface area contributed by atoms with Crippen LogP contribution in [0.3, 0.4) is 0 Å². The normalized spacial score (nSPS) is 16.8. The summed E-state index contributed by atoms with van der Waals surface area (Å²) in [5.74, 6) is 0.197. The van der Waals surface area contributed by atoms with Gasteiger partial charge in [0.05, 0.1) is 0 Å². The molecule has 1 saturated heterocycles. The van der Waals surface area contributed by atoms with Gasteiger partial charge < -0.3 is 9.42 Å². The van der Waals surface area contributed by atoms with Crippen molar-refractivity contribution in [1.82, 2.24) is 10.1 Å². The number of hydrogen-bond acceptors (Lipinski definition) is 3. The molecule has 132 valence electrons. The summed E-state index contributed by atoms with van der Waals surface area (Å²) < 4.78 is 19.4. The van der Waals surface area contributed by atoms with Gasteiger partial charge in [0.2, 0.25) is 0 Å². The predicted octanol–water partition coefficient (Wildman–Crippen LogP) is 4.42. The van der Waals surface area contributed by atoms with Crippen molar-refractivity contribution in [2.75, 3.05) is 13.1 Å². The third kappa shape index (κ3) is 2.90. The smallest absolute Gasteiger partial charge is 0.259 e. The molecule has 2 heterocycles. The zero-order valence-electron chi connectivity index (χ0n) is 14.5. The monoisotopic (exact) mass is 350 g/mol. The average Bonchev–Trinajstić information content (AvgIpc) is 3.29. The van der Waals surface area contributed by atoms with Crippen molar-refractivity contribution in [2.45, 2.75) is 19.3 Å². The van der Waals surface area contributed by atoms with Crippen molar-refractivity contribution in [1.29, 1.82) is 0 Å². The van der Waals surface area contributed by atoms with Gasteiger partial charge in [0, 0.05) is 24.6 Å². The van der Waals surface area contributed by atoms with Gasteiger partial charge in [-0.15, -0.1) is 0 Å². The van der Waals surface area contributed by atoms with Crippen LogP contribution in [0.25, 0.3) is 11.3 Å². The second-order valence-corrected chi connectivity index (χ2v) is 6.59. The first-order valence-electron chi connectivity index (χ1n) is 8.70. The zero-order valence-corrected chi connectivity index (χ0v) is 14.5. The van der Waals surface area contributed by atoms with E-state index in [-0.39, 0.29) is 17.6 Å². The number of aryl methyl sites for hydroxylation is 1. The highest BCUT2D eigenvalue weighted by atomic mass is 19.1. The van der Waals surface area contributed by atoms with E-state index in [2.05, 4.69) is 5.16 Å². The maximum atomic E-state index is 14.1. The number of nitrogens with zero attached hydrogens (tertiary/aromatic N) is 2. The molecule has 5 heteroatoms. The van der Waals surface area contributed by atoms with Crippen molar-refractivity contribution in [3.63, 3.8) is 0 Å². The van der Waals surface area contributed by atoms with Gasteiger partial charge in [0.1, 0.15) is 22.8 Å². The molecule has 1 aliphatic heterocycles. The number of likely N-dealkylation sites (tertiary alicyclic amines) is 1. The van der Waals surface area contributed by atoms with Crippen molar-refractivity contribution in [2.24, 2.45) is 0 Å². The van der Waals surface area contributed by atoms with Crippen LogP contribution in [0.5, 0.6) is 0 Å². The summed E-state index contributed by atoms with van der Waals surface area (Å²) in [6.45, 7) is 2.84. The molecule has 1 aliphatic rings. The zero-order chi connectivity index (χ0) is 18.1. The fourth-order valence-electron chi connectivity index (χ4n) is 3.58. The molecule has 1 fully saturated rings. The Morgan fingerprint density at radius 3 is 2.65 bits per heavy atom. The maximum Gasteiger partial charge on any atom is 0.259 e. The second-order valence-electron chi connectivity index (χ2n) is 6.59. The van der Waals surface area contributed by atoms with Crippen LogP contribution in [-0.4, -0.2) is 29.1 Å². The molecule has 1 amide bonds. The van der Waals surface area contributed by atoms with Crippen LogP contribution in [0.1, 0.15) is 34.0 Å². The first-order valence-corrected chi connectivity index (χ1v) is 8.70. The van der Waals surface area contributed by atoms with E-state index in [1.54, 1.807) is 24.0 Å². The molecule has 0 radical (unpaired) electrons. The number of carbonyl (C=O) groups excluding carboxylic acids is 1. The number of hydrogen-bond donors (Lipinski definition) is 0. The van der Waals surface area contributed by atoms with Crippen molar-refractivity contribution >= 4 is 5.91 Å². The molecule has 0 unspecified atom stereocenters. The van der Waals surface area contributed by atoms with Gasteiger partial charge in [-0.05, 0) is 25.0 Å². The van der Waals surface area contributed by atoms with E-state index < -0.39 is 0 Å². The van der Waals surface area contributed by atoms with Gasteiger partial charge >= 0.3 is 0 Å². The fourth-order valence-corrected chi connectivity index (χ4v) is 3.58. The number of rotatable bonds is 3. The van der Waals surface area contributed by atoms with E-state index in [0.717, 1.165) is 12.0 Å². The molecule has 0 spiro atoms. The van der Waals surface area contributed by atoms with Crippen LogP contribution < -0.4 is 0 Å². The third-order valence-corrected chi connectivity index (χ3v) is 4.94. The second kappa shape index (κ2) is 6.75. The topological polar surface area (TPSA) is 46.3 Å². The molecule has 0 saturated carbocycles. The van der Waals surface area contributed by atoms with E-state index in [0.29, 0.717) is 35.7 Å². The average molecular weight is 350 g/mol. The Kier molecular flexibility index (Phi) is 4.29. The molecular formula is C21H19FN2O2. The lowest BCUT2D eigenvalue weighted by Gasteiger charge is -2.17. The van der Waals surface area contributed by atoms with Crippen LogP contribution in [0.15, 0.2) is 59.1 Å². The van der Waals surface area contributed by atoms with Crippen molar-refractivity contribution in [3.8, 4) is 11.3 Å². The highest BCUT2D eigenvalue weighted by molar-refractivity contribution is 6.01. The Morgan fingerprint density at radius 2 is 1.88 bits per heavy atom. The minimum atomic E-state index is -0.210. The molecule has 4 rings (SSSR count). The molecule has 0 bridgehead atoms. The van der Waals surface area contributed by atoms with Crippen LogP contribution in [-0.2, 0) is 0 Å². The van der Waals surface area contributed by atoms with E-state index in [1.807, 2.05) is 36.4 Å². The SMILES string of the molecule is Cc1onc(-c2ccccc2)c1C(=O)N1CC[C@H](c2ccccc2F)C1. The van der Waals surface area contributed by atoms with Crippen LogP contribution >= 0.6 is 0 Å². The standard InChI is InChI=1S/C21H19FN2O2/c1-14-19(20(23-26-14)15-7-3-2-4-8-15)21(25)24-12-11-16(13-24)17-9-5-6-10-18(17)22/h2-10,16H,11-13H2,1H3/t16-/m0/s1.